The largest absolute Gasteiger partial charge is 0.452 e. The fourth-order valence-corrected chi connectivity index (χ4v) is 4.66. The zero-order chi connectivity index (χ0) is 20.5. The van der Waals surface area contributed by atoms with Gasteiger partial charge < -0.3 is 10.1 Å². The number of hydrogen-bond donors (Lipinski definition) is 1. The van der Waals surface area contributed by atoms with Crippen molar-refractivity contribution in [2.75, 3.05) is 11.9 Å². The molecular weight excluding hydrogens is 376 g/mol. The number of nitrogens with one attached hydrogen (secondary N) is 1. The number of aryl methyl sites for hydroxylation is 3. The van der Waals surface area contributed by atoms with Gasteiger partial charge in [-0.05, 0) is 79.8 Å². The molecule has 0 saturated heterocycles. The van der Waals surface area contributed by atoms with Crippen LogP contribution in [-0.2, 0) is 35.2 Å². The smallest absolute Gasteiger partial charge is 0.339 e. The van der Waals surface area contributed by atoms with E-state index in [0.29, 0.717) is 5.56 Å². The van der Waals surface area contributed by atoms with Crippen LogP contribution in [0.4, 0.5) is 5.69 Å². The molecule has 0 radical (unpaired) electrons. The summed E-state index contributed by atoms with van der Waals surface area (Å²) >= 11 is 0. The molecule has 2 aliphatic rings. The third kappa shape index (κ3) is 3.56. The van der Waals surface area contributed by atoms with E-state index in [1.165, 1.54) is 11.1 Å². The first-order chi connectivity index (χ1) is 14.7. The van der Waals surface area contributed by atoms with Crippen molar-refractivity contribution in [1.29, 1.82) is 0 Å². The topological polar surface area (TPSA) is 68.3 Å². The number of rotatable bonds is 4. The Morgan fingerprint density at radius 1 is 0.933 bits per heavy atom. The Kier molecular flexibility index (Phi) is 4.95. The number of carbonyl (C=O) groups excluding carboxylic acids is 2. The number of fused-ring (bicyclic) bond motifs is 3. The first-order valence-corrected chi connectivity index (χ1v) is 10.7. The van der Waals surface area contributed by atoms with Crippen LogP contribution in [0.3, 0.4) is 0 Å². The molecule has 0 atom stereocenters. The summed E-state index contributed by atoms with van der Waals surface area (Å²) in [5, 5.41) is 3.64. The molecule has 5 rings (SSSR count). The SMILES string of the molecule is O=C(COC(=O)c1c2c(nc3ccccc13)CCCC2)Nc1ccc2c(c1)CCC2. The summed E-state index contributed by atoms with van der Waals surface area (Å²) in [6.45, 7) is -0.304. The van der Waals surface area contributed by atoms with Crippen molar-refractivity contribution in [3.63, 3.8) is 0 Å². The molecule has 1 heterocycles. The molecule has 0 fully saturated rings. The summed E-state index contributed by atoms with van der Waals surface area (Å²) in [5.74, 6) is -0.774. The standard InChI is InChI=1S/C25H24N2O3/c28-23(26-18-13-12-16-6-5-7-17(16)14-18)15-30-25(29)24-19-8-1-3-10-21(19)27-22-11-4-2-9-20(22)24/h1,3,8,10,12-14H,2,4-7,9,11,15H2,(H,26,28). The van der Waals surface area contributed by atoms with Crippen molar-refractivity contribution < 1.29 is 14.3 Å². The Balaban J connectivity index is 1.33. The van der Waals surface area contributed by atoms with Gasteiger partial charge >= 0.3 is 5.97 Å². The predicted molar refractivity (Wildman–Crippen MR) is 116 cm³/mol. The second-order valence-electron chi connectivity index (χ2n) is 8.10. The maximum absolute atomic E-state index is 13.0. The average Bonchev–Trinajstić information content (AvgIpc) is 3.23. The van der Waals surface area contributed by atoms with Crippen LogP contribution in [-0.4, -0.2) is 23.5 Å². The number of pyridine rings is 1. The number of nitrogens with zero attached hydrogens (tertiary/aromatic N) is 1. The Labute approximate surface area is 175 Å². The lowest BCUT2D eigenvalue weighted by Crippen LogP contribution is -2.22. The predicted octanol–water partition coefficient (Wildman–Crippen LogP) is 4.40. The molecule has 3 aromatic rings. The van der Waals surface area contributed by atoms with Gasteiger partial charge in [0.1, 0.15) is 0 Å². The van der Waals surface area contributed by atoms with E-state index < -0.39 is 5.97 Å². The number of ether oxygens (including phenoxy) is 1. The molecule has 0 bridgehead atoms. The number of carbonyl (C=O) groups is 2. The number of benzene rings is 2. The highest BCUT2D eigenvalue weighted by atomic mass is 16.5. The lowest BCUT2D eigenvalue weighted by molar-refractivity contribution is -0.119. The number of aromatic nitrogens is 1. The van der Waals surface area contributed by atoms with Crippen molar-refractivity contribution in [3.05, 3.63) is 70.4 Å². The third-order valence-corrected chi connectivity index (χ3v) is 6.09. The molecule has 0 aliphatic heterocycles. The van der Waals surface area contributed by atoms with E-state index in [1.807, 2.05) is 36.4 Å². The molecular formula is C25H24N2O3. The Morgan fingerprint density at radius 3 is 2.70 bits per heavy atom. The van der Waals surface area contributed by atoms with E-state index >= 15 is 0 Å². The van der Waals surface area contributed by atoms with Gasteiger partial charge in [-0.2, -0.15) is 0 Å². The fourth-order valence-electron chi connectivity index (χ4n) is 4.66. The minimum atomic E-state index is -0.448. The first-order valence-electron chi connectivity index (χ1n) is 10.7. The number of para-hydroxylation sites is 1. The van der Waals surface area contributed by atoms with Crippen molar-refractivity contribution >= 4 is 28.5 Å². The van der Waals surface area contributed by atoms with E-state index in [0.717, 1.165) is 72.8 Å². The Hall–Kier alpha value is -3.21. The minimum Gasteiger partial charge on any atom is -0.452 e. The quantitative estimate of drug-likeness (QED) is 0.659. The first kappa shape index (κ1) is 18.8. The molecule has 0 spiro atoms. The number of hydrogen-bond acceptors (Lipinski definition) is 4. The second-order valence-corrected chi connectivity index (χ2v) is 8.10. The van der Waals surface area contributed by atoms with Crippen LogP contribution >= 0.6 is 0 Å². The van der Waals surface area contributed by atoms with Crippen LogP contribution in [0.15, 0.2) is 42.5 Å². The molecule has 1 aromatic heterocycles. The van der Waals surface area contributed by atoms with Crippen LogP contribution in [0.1, 0.15) is 52.0 Å². The van der Waals surface area contributed by atoms with Gasteiger partial charge in [0.25, 0.3) is 5.91 Å². The maximum atomic E-state index is 13.0. The van der Waals surface area contributed by atoms with Gasteiger partial charge in [-0.3, -0.25) is 9.78 Å². The molecule has 5 nitrogen and oxygen atoms in total. The highest BCUT2D eigenvalue weighted by Gasteiger charge is 2.24. The van der Waals surface area contributed by atoms with Crippen LogP contribution in [0.5, 0.6) is 0 Å². The third-order valence-electron chi connectivity index (χ3n) is 6.09. The monoisotopic (exact) mass is 400 g/mol. The van der Waals surface area contributed by atoms with E-state index in [9.17, 15) is 9.59 Å². The summed E-state index contributed by atoms with van der Waals surface area (Å²) in [6, 6.07) is 13.6. The normalized spacial score (nSPS) is 14.8. The summed E-state index contributed by atoms with van der Waals surface area (Å²) < 4.78 is 5.45. The molecule has 30 heavy (non-hydrogen) atoms. The molecule has 2 aromatic carbocycles. The summed E-state index contributed by atoms with van der Waals surface area (Å²) in [7, 11) is 0. The van der Waals surface area contributed by atoms with Gasteiger partial charge in [0.15, 0.2) is 6.61 Å². The van der Waals surface area contributed by atoms with Crippen molar-refractivity contribution in [1.82, 2.24) is 4.98 Å². The zero-order valence-corrected chi connectivity index (χ0v) is 16.9. The molecule has 2 aliphatic carbocycles. The lowest BCUT2D eigenvalue weighted by Gasteiger charge is -2.20. The van der Waals surface area contributed by atoms with Gasteiger partial charge in [-0.15, -0.1) is 0 Å². The zero-order valence-electron chi connectivity index (χ0n) is 16.9. The Bertz CT molecular complexity index is 1150. The fraction of sp³-hybridized carbons (Fsp3) is 0.320. The minimum absolute atomic E-state index is 0.304. The molecule has 0 saturated carbocycles. The van der Waals surface area contributed by atoms with Gasteiger partial charge in [-0.25, -0.2) is 4.79 Å². The van der Waals surface area contributed by atoms with Gasteiger partial charge in [0.05, 0.1) is 11.1 Å². The molecule has 1 N–H and O–H groups in total. The molecule has 0 unspecified atom stereocenters. The van der Waals surface area contributed by atoms with Crippen LogP contribution < -0.4 is 5.32 Å². The molecule has 152 valence electrons. The molecule has 5 heteroatoms. The highest BCUT2D eigenvalue weighted by Crippen LogP contribution is 2.30. The summed E-state index contributed by atoms with van der Waals surface area (Å²) in [4.78, 5) is 30.2. The Morgan fingerprint density at radius 2 is 1.77 bits per heavy atom. The van der Waals surface area contributed by atoms with Crippen LogP contribution in [0.25, 0.3) is 10.9 Å². The van der Waals surface area contributed by atoms with Gasteiger partial charge in [-0.1, -0.05) is 24.3 Å². The second kappa shape index (κ2) is 7.90. The van der Waals surface area contributed by atoms with Crippen molar-refractivity contribution in [2.24, 2.45) is 0 Å². The number of anilines is 1. The lowest BCUT2D eigenvalue weighted by atomic mass is 9.90. The maximum Gasteiger partial charge on any atom is 0.339 e. The van der Waals surface area contributed by atoms with E-state index in [1.54, 1.807) is 0 Å². The average molecular weight is 400 g/mol. The summed E-state index contributed by atoms with van der Waals surface area (Å²) in [6.07, 6.45) is 7.12. The van der Waals surface area contributed by atoms with E-state index in [4.69, 9.17) is 9.72 Å². The van der Waals surface area contributed by atoms with E-state index in [-0.39, 0.29) is 12.5 Å². The number of esters is 1. The van der Waals surface area contributed by atoms with Gasteiger partial charge in [0.2, 0.25) is 0 Å². The summed E-state index contributed by atoms with van der Waals surface area (Å²) in [5.41, 5.74) is 6.73. The van der Waals surface area contributed by atoms with Crippen LogP contribution in [0.2, 0.25) is 0 Å². The van der Waals surface area contributed by atoms with Crippen molar-refractivity contribution in [2.45, 2.75) is 44.9 Å². The van der Waals surface area contributed by atoms with Gasteiger partial charge in [0, 0.05) is 16.8 Å². The van der Waals surface area contributed by atoms with Crippen LogP contribution in [0, 0.1) is 0 Å². The van der Waals surface area contributed by atoms with E-state index in [2.05, 4.69) is 11.4 Å². The highest BCUT2D eigenvalue weighted by molar-refractivity contribution is 6.06. The number of amides is 1. The molecule has 1 amide bonds. The van der Waals surface area contributed by atoms with Crippen molar-refractivity contribution in [3.8, 4) is 0 Å².